The number of amides is 1. The second-order valence-corrected chi connectivity index (χ2v) is 8.50. The first-order chi connectivity index (χ1) is 13.6. The van der Waals surface area contributed by atoms with Gasteiger partial charge in [-0.15, -0.1) is 10.2 Å². The third-order valence-corrected chi connectivity index (χ3v) is 6.31. The van der Waals surface area contributed by atoms with Crippen LogP contribution in [-0.2, 0) is 17.9 Å². The number of rotatable bonds is 9. The van der Waals surface area contributed by atoms with E-state index < -0.39 is 0 Å². The molecule has 0 aliphatic carbocycles. The SMILES string of the molecule is CCC(Sc1nnc(NCc2ccc(F)cc2)s1)C(=O)NCc1ccccc1. The van der Waals surface area contributed by atoms with Crippen molar-refractivity contribution in [1.82, 2.24) is 15.5 Å². The molecule has 0 aliphatic heterocycles. The van der Waals surface area contributed by atoms with Gasteiger partial charge in [-0.25, -0.2) is 4.39 Å². The van der Waals surface area contributed by atoms with E-state index in [0.29, 0.717) is 24.6 Å². The molecule has 3 aromatic rings. The number of carbonyl (C=O) groups excluding carboxylic acids is 1. The van der Waals surface area contributed by atoms with E-state index in [9.17, 15) is 9.18 Å². The van der Waals surface area contributed by atoms with Crippen molar-refractivity contribution in [2.75, 3.05) is 5.32 Å². The highest BCUT2D eigenvalue weighted by Gasteiger charge is 2.20. The zero-order valence-corrected chi connectivity index (χ0v) is 17.0. The molecule has 1 amide bonds. The molecule has 2 aromatic carbocycles. The lowest BCUT2D eigenvalue weighted by Gasteiger charge is -2.13. The van der Waals surface area contributed by atoms with Gasteiger partial charge in [-0.1, -0.05) is 72.5 Å². The monoisotopic (exact) mass is 416 g/mol. The maximum Gasteiger partial charge on any atom is 0.233 e. The number of nitrogens with zero attached hydrogens (tertiary/aromatic N) is 2. The van der Waals surface area contributed by atoms with E-state index >= 15 is 0 Å². The summed E-state index contributed by atoms with van der Waals surface area (Å²) in [4.78, 5) is 12.5. The van der Waals surface area contributed by atoms with E-state index in [1.807, 2.05) is 37.3 Å². The number of carbonyl (C=O) groups is 1. The molecule has 3 rings (SSSR count). The lowest BCUT2D eigenvalue weighted by Crippen LogP contribution is -2.31. The molecule has 0 fully saturated rings. The highest BCUT2D eigenvalue weighted by Crippen LogP contribution is 2.30. The minimum atomic E-state index is -0.255. The third-order valence-electron chi connectivity index (χ3n) is 3.98. The Bertz CT molecular complexity index is 887. The fourth-order valence-electron chi connectivity index (χ4n) is 2.45. The maximum atomic E-state index is 12.9. The van der Waals surface area contributed by atoms with Gasteiger partial charge in [0, 0.05) is 13.1 Å². The van der Waals surface area contributed by atoms with Gasteiger partial charge in [0.25, 0.3) is 0 Å². The van der Waals surface area contributed by atoms with Gasteiger partial charge in [-0.3, -0.25) is 4.79 Å². The Morgan fingerprint density at radius 1 is 1.07 bits per heavy atom. The lowest BCUT2D eigenvalue weighted by molar-refractivity contribution is -0.120. The van der Waals surface area contributed by atoms with Crippen molar-refractivity contribution in [3.05, 3.63) is 71.5 Å². The van der Waals surface area contributed by atoms with Gasteiger partial charge in [0.15, 0.2) is 4.34 Å². The van der Waals surface area contributed by atoms with Gasteiger partial charge in [-0.05, 0) is 29.7 Å². The maximum absolute atomic E-state index is 12.9. The smallest absolute Gasteiger partial charge is 0.233 e. The number of benzene rings is 2. The van der Waals surface area contributed by atoms with Crippen LogP contribution in [0.2, 0.25) is 0 Å². The number of aromatic nitrogens is 2. The molecule has 1 atom stereocenters. The number of thioether (sulfide) groups is 1. The Morgan fingerprint density at radius 2 is 1.79 bits per heavy atom. The molecular weight excluding hydrogens is 395 g/mol. The van der Waals surface area contributed by atoms with Crippen LogP contribution in [0.15, 0.2) is 58.9 Å². The van der Waals surface area contributed by atoms with E-state index in [0.717, 1.165) is 15.5 Å². The Hall–Kier alpha value is -2.45. The van der Waals surface area contributed by atoms with Gasteiger partial charge < -0.3 is 10.6 Å². The molecule has 8 heteroatoms. The summed E-state index contributed by atoms with van der Waals surface area (Å²) in [6.07, 6.45) is 0.698. The fourth-order valence-corrected chi connectivity index (χ4v) is 4.39. The van der Waals surface area contributed by atoms with E-state index in [1.54, 1.807) is 12.1 Å². The summed E-state index contributed by atoms with van der Waals surface area (Å²) in [5, 5.41) is 14.9. The van der Waals surface area contributed by atoms with Crippen LogP contribution in [0.3, 0.4) is 0 Å². The molecule has 1 heterocycles. The predicted octanol–water partition coefficient (Wildman–Crippen LogP) is 4.48. The van der Waals surface area contributed by atoms with Crippen LogP contribution in [0.25, 0.3) is 0 Å². The molecule has 1 aromatic heterocycles. The van der Waals surface area contributed by atoms with Gasteiger partial charge in [0.05, 0.1) is 5.25 Å². The Kier molecular flexibility index (Phi) is 7.39. The molecule has 1 unspecified atom stereocenters. The lowest BCUT2D eigenvalue weighted by atomic mass is 10.2. The first-order valence-corrected chi connectivity index (χ1v) is 10.6. The van der Waals surface area contributed by atoms with Crippen molar-refractivity contribution in [2.24, 2.45) is 0 Å². The van der Waals surface area contributed by atoms with Crippen molar-refractivity contribution in [1.29, 1.82) is 0 Å². The van der Waals surface area contributed by atoms with Gasteiger partial charge in [0.2, 0.25) is 11.0 Å². The Morgan fingerprint density at radius 3 is 2.50 bits per heavy atom. The number of hydrogen-bond donors (Lipinski definition) is 2. The number of halogens is 1. The molecule has 0 saturated carbocycles. The number of nitrogens with one attached hydrogen (secondary N) is 2. The van der Waals surface area contributed by atoms with Crippen LogP contribution in [0.4, 0.5) is 9.52 Å². The molecular formula is C20H21FN4OS2. The van der Waals surface area contributed by atoms with Crippen LogP contribution in [-0.4, -0.2) is 21.4 Å². The van der Waals surface area contributed by atoms with Crippen molar-refractivity contribution < 1.29 is 9.18 Å². The largest absolute Gasteiger partial charge is 0.356 e. The fraction of sp³-hybridized carbons (Fsp3) is 0.250. The standard InChI is InChI=1S/C20H21FN4OS2/c1-2-17(18(26)22-12-14-6-4-3-5-7-14)27-20-25-24-19(28-20)23-13-15-8-10-16(21)11-9-15/h3-11,17H,2,12-13H2,1H3,(H,22,26)(H,23,24). The molecule has 0 radical (unpaired) electrons. The van der Waals surface area contributed by atoms with E-state index in [2.05, 4.69) is 20.8 Å². The van der Waals surface area contributed by atoms with E-state index in [-0.39, 0.29) is 17.0 Å². The summed E-state index contributed by atoms with van der Waals surface area (Å²) in [6, 6.07) is 16.1. The van der Waals surface area contributed by atoms with Crippen LogP contribution in [0, 0.1) is 5.82 Å². The highest BCUT2D eigenvalue weighted by molar-refractivity contribution is 8.02. The van der Waals surface area contributed by atoms with Gasteiger partial charge in [0.1, 0.15) is 5.82 Å². The summed E-state index contributed by atoms with van der Waals surface area (Å²) in [5.74, 6) is -0.262. The summed E-state index contributed by atoms with van der Waals surface area (Å²) in [7, 11) is 0. The van der Waals surface area contributed by atoms with E-state index in [4.69, 9.17) is 0 Å². The van der Waals surface area contributed by atoms with Crippen molar-refractivity contribution in [2.45, 2.75) is 36.0 Å². The van der Waals surface area contributed by atoms with Crippen LogP contribution in [0.5, 0.6) is 0 Å². The molecule has 0 saturated heterocycles. The topological polar surface area (TPSA) is 66.9 Å². The zero-order valence-electron chi connectivity index (χ0n) is 15.4. The Balaban J connectivity index is 1.50. The van der Waals surface area contributed by atoms with Crippen LogP contribution in [0.1, 0.15) is 24.5 Å². The van der Waals surface area contributed by atoms with Gasteiger partial charge in [-0.2, -0.15) is 0 Å². The molecule has 146 valence electrons. The highest BCUT2D eigenvalue weighted by atomic mass is 32.2. The summed E-state index contributed by atoms with van der Waals surface area (Å²) < 4.78 is 13.7. The average molecular weight is 417 g/mol. The normalized spacial score (nSPS) is 11.8. The molecule has 2 N–H and O–H groups in total. The minimum absolute atomic E-state index is 0.00706. The van der Waals surface area contributed by atoms with Crippen LogP contribution < -0.4 is 10.6 Å². The molecule has 0 bridgehead atoms. The average Bonchev–Trinajstić information content (AvgIpc) is 3.18. The van der Waals surface area contributed by atoms with Gasteiger partial charge >= 0.3 is 0 Å². The molecule has 5 nitrogen and oxygen atoms in total. The molecule has 0 spiro atoms. The summed E-state index contributed by atoms with van der Waals surface area (Å²) >= 11 is 2.83. The first-order valence-electron chi connectivity index (χ1n) is 8.94. The third kappa shape index (κ3) is 6.03. The Labute approximate surface area is 171 Å². The van der Waals surface area contributed by atoms with E-state index in [1.165, 1.54) is 35.2 Å². The minimum Gasteiger partial charge on any atom is -0.356 e. The second kappa shape index (κ2) is 10.2. The first kappa shape index (κ1) is 20.3. The summed E-state index contributed by atoms with van der Waals surface area (Å²) in [5.41, 5.74) is 2.02. The number of hydrogen-bond acceptors (Lipinski definition) is 6. The molecule has 28 heavy (non-hydrogen) atoms. The quantitative estimate of drug-likeness (QED) is 0.504. The van der Waals surface area contributed by atoms with Crippen molar-refractivity contribution in [3.8, 4) is 0 Å². The van der Waals surface area contributed by atoms with Crippen LogP contribution >= 0.6 is 23.1 Å². The summed E-state index contributed by atoms with van der Waals surface area (Å²) in [6.45, 7) is 3.03. The van der Waals surface area contributed by atoms with Crippen molar-refractivity contribution in [3.63, 3.8) is 0 Å². The second-order valence-electron chi connectivity index (χ2n) is 6.07. The zero-order chi connectivity index (χ0) is 19.8. The number of anilines is 1. The predicted molar refractivity (Wildman–Crippen MR) is 112 cm³/mol. The van der Waals surface area contributed by atoms with Crippen molar-refractivity contribution >= 4 is 34.1 Å². The molecule has 0 aliphatic rings.